The summed E-state index contributed by atoms with van der Waals surface area (Å²) in [4.78, 5) is 28.7. The molecule has 2 aliphatic rings. The van der Waals surface area contributed by atoms with E-state index < -0.39 is 16.1 Å². The summed E-state index contributed by atoms with van der Waals surface area (Å²) in [5, 5.41) is 2.93. The van der Waals surface area contributed by atoms with E-state index in [1.807, 2.05) is 36.4 Å². The number of hydrogen-bond acceptors (Lipinski definition) is 5. The lowest BCUT2D eigenvalue weighted by atomic mass is 10.1. The lowest BCUT2D eigenvalue weighted by Crippen LogP contribution is -2.51. The Morgan fingerprint density at radius 1 is 0.854 bits per heavy atom. The Hall–Kier alpha value is -4.63. The molecule has 0 saturated heterocycles. The number of rotatable bonds is 7. The number of fused-ring (bicyclic) bond motifs is 2. The summed E-state index contributed by atoms with van der Waals surface area (Å²) in [6.07, 6.45) is 0.310. The maximum atomic E-state index is 13.8. The van der Waals surface area contributed by atoms with Crippen molar-refractivity contribution in [2.45, 2.75) is 23.8 Å². The second kappa shape index (κ2) is 11.1. The summed E-state index contributed by atoms with van der Waals surface area (Å²) in [6.45, 7) is 0.805. The van der Waals surface area contributed by atoms with Gasteiger partial charge in [0, 0.05) is 18.7 Å². The number of anilines is 2. The number of hydrogen-bond donors (Lipinski definition) is 1. The fourth-order valence-electron chi connectivity index (χ4n) is 5.28. The van der Waals surface area contributed by atoms with Gasteiger partial charge in [-0.25, -0.2) is 8.42 Å². The Morgan fingerprint density at radius 2 is 1.56 bits per heavy atom. The van der Waals surface area contributed by atoms with E-state index in [1.165, 1.54) is 4.31 Å². The molecular formula is C32H29N3O5S. The van der Waals surface area contributed by atoms with E-state index in [4.69, 9.17) is 4.74 Å². The van der Waals surface area contributed by atoms with Crippen LogP contribution < -0.4 is 19.3 Å². The summed E-state index contributed by atoms with van der Waals surface area (Å²) >= 11 is 0. The van der Waals surface area contributed by atoms with Gasteiger partial charge in [0.25, 0.3) is 21.8 Å². The van der Waals surface area contributed by atoms with Gasteiger partial charge in [-0.2, -0.15) is 0 Å². The topological polar surface area (TPSA) is 96.0 Å². The van der Waals surface area contributed by atoms with Crippen molar-refractivity contribution in [3.05, 3.63) is 120 Å². The molecule has 0 aliphatic carbocycles. The lowest BCUT2D eigenvalue weighted by molar-refractivity contribution is -0.127. The maximum Gasteiger partial charge on any atom is 0.264 e. The number of ether oxygens (including phenoxy) is 1. The van der Waals surface area contributed by atoms with Crippen molar-refractivity contribution in [1.29, 1.82) is 0 Å². The van der Waals surface area contributed by atoms with Gasteiger partial charge >= 0.3 is 0 Å². The molecule has 4 aromatic carbocycles. The van der Waals surface area contributed by atoms with Crippen molar-refractivity contribution in [2.24, 2.45) is 0 Å². The fourth-order valence-corrected chi connectivity index (χ4v) is 6.81. The van der Waals surface area contributed by atoms with E-state index in [-0.39, 0.29) is 23.3 Å². The van der Waals surface area contributed by atoms with Gasteiger partial charge < -0.3 is 15.0 Å². The molecule has 1 atom stereocenters. The molecule has 2 amide bonds. The van der Waals surface area contributed by atoms with Gasteiger partial charge in [-0.3, -0.25) is 13.9 Å². The van der Waals surface area contributed by atoms with Gasteiger partial charge in [0.05, 0.1) is 22.8 Å². The van der Waals surface area contributed by atoms with E-state index in [2.05, 4.69) is 5.32 Å². The third-order valence-electron chi connectivity index (χ3n) is 7.38. The van der Waals surface area contributed by atoms with Crippen molar-refractivity contribution >= 4 is 33.2 Å². The minimum atomic E-state index is -3.71. The third-order valence-corrected chi connectivity index (χ3v) is 9.20. The number of amides is 2. The Balaban J connectivity index is 1.21. The molecular weight excluding hydrogens is 538 g/mol. The molecule has 8 nitrogen and oxygen atoms in total. The highest BCUT2D eigenvalue weighted by atomic mass is 32.2. The van der Waals surface area contributed by atoms with Crippen molar-refractivity contribution < 1.29 is 22.7 Å². The Labute approximate surface area is 239 Å². The van der Waals surface area contributed by atoms with Crippen LogP contribution >= 0.6 is 0 Å². The van der Waals surface area contributed by atoms with Crippen LogP contribution in [-0.4, -0.2) is 46.0 Å². The van der Waals surface area contributed by atoms with Crippen molar-refractivity contribution in [1.82, 2.24) is 5.32 Å². The van der Waals surface area contributed by atoms with Crippen molar-refractivity contribution in [3.63, 3.8) is 0 Å². The third kappa shape index (κ3) is 5.28. The highest BCUT2D eigenvalue weighted by Crippen LogP contribution is 2.37. The van der Waals surface area contributed by atoms with Crippen LogP contribution in [-0.2, 0) is 27.7 Å². The van der Waals surface area contributed by atoms with Gasteiger partial charge in [-0.1, -0.05) is 60.7 Å². The number of carbonyl (C=O) groups is 2. The molecule has 208 valence electrons. The summed E-state index contributed by atoms with van der Waals surface area (Å²) in [5.74, 6) is -0.115. The number of nitrogens with one attached hydrogen (secondary N) is 1. The van der Waals surface area contributed by atoms with Crippen LogP contribution in [0.25, 0.3) is 0 Å². The molecule has 0 aromatic heterocycles. The van der Waals surface area contributed by atoms with E-state index >= 15 is 0 Å². The van der Waals surface area contributed by atoms with E-state index in [1.54, 1.807) is 71.6 Å². The Morgan fingerprint density at radius 3 is 2.34 bits per heavy atom. The lowest BCUT2D eigenvalue weighted by Gasteiger charge is -2.34. The average Bonchev–Trinajstić information content (AvgIpc) is 3.45. The average molecular weight is 568 g/mol. The highest BCUT2D eigenvalue weighted by molar-refractivity contribution is 7.92. The van der Waals surface area contributed by atoms with Crippen molar-refractivity contribution in [2.75, 3.05) is 28.8 Å². The largest absolute Gasteiger partial charge is 0.477 e. The van der Waals surface area contributed by atoms with Crippen LogP contribution in [0.3, 0.4) is 0 Å². The number of carbonyl (C=O) groups excluding carboxylic acids is 2. The van der Waals surface area contributed by atoms with Crippen LogP contribution in [0, 0.1) is 0 Å². The first-order chi connectivity index (χ1) is 19.9. The van der Waals surface area contributed by atoms with Crippen molar-refractivity contribution in [3.8, 4) is 5.75 Å². The molecule has 6 rings (SSSR count). The minimum absolute atomic E-state index is 0.0542. The van der Waals surface area contributed by atoms with Gasteiger partial charge in [0.2, 0.25) is 0 Å². The maximum absolute atomic E-state index is 13.8. The molecule has 0 bridgehead atoms. The molecule has 0 unspecified atom stereocenters. The number of nitrogens with zero attached hydrogens (tertiary/aromatic N) is 2. The van der Waals surface area contributed by atoms with Crippen LogP contribution in [0.1, 0.15) is 21.5 Å². The van der Waals surface area contributed by atoms with E-state index in [0.29, 0.717) is 48.6 Å². The molecule has 2 aliphatic heterocycles. The Bertz CT molecular complexity index is 1690. The summed E-state index contributed by atoms with van der Waals surface area (Å²) in [6, 6.07) is 30.4. The number of sulfonamides is 1. The molecule has 4 aromatic rings. The normalized spacial score (nSPS) is 16.0. The predicted octanol–water partition coefficient (Wildman–Crippen LogP) is 4.20. The molecule has 9 heteroatoms. The molecule has 2 heterocycles. The van der Waals surface area contributed by atoms with Gasteiger partial charge in [-0.05, 0) is 66.4 Å². The summed E-state index contributed by atoms with van der Waals surface area (Å²) < 4.78 is 33.9. The zero-order chi connectivity index (χ0) is 28.4. The minimum Gasteiger partial charge on any atom is -0.477 e. The molecule has 0 fully saturated rings. The van der Waals surface area contributed by atoms with Gasteiger partial charge in [0.15, 0.2) is 6.10 Å². The van der Waals surface area contributed by atoms with Crippen LogP contribution in [0.4, 0.5) is 11.4 Å². The molecule has 0 radical (unpaired) electrons. The summed E-state index contributed by atoms with van der Waals surface area (Å²) in [5.41, 5.74) is 3.48. The van der Waals surface area contributed by atoms with Gasteiger partial charge in [-0.15, -0.1) is 0 Å². The second-order valence-electron chi connectivity index (χ2n) is 10.0. The highest BCUT2D eigenvalue weighted by Gasteiger charge is 2.35. The second-order valence-corrected chi connectivity index (χ2v) is 11.9. The van der Waals surface area contributed by atoms with Gasteiger partial charge in [0.1, 0.15) is 5.75 Å². The molecule has 1 N–H and O–H groups in total. The molecule has 41 heavy (non-hydrogen) atoms. The van der Waals surface area contributed by atoms with E-state index in [0.717, 1.165) is 11.1 Å². The zero-order valence-corrected chi connectivity index (χ0v) is 23.1. The quantitative estimate of drug-likeness (QED) is 0.361. The SMILES string of the molecule is O=C(NCCc1ccccc1)[C@H]1CN(C(=O)c2ccc3c(c2)CCN3S(=O)(=O)c2ccccc2)c2ccccc2O1. The number of benzene rings is 4. The summed E-state index contributed by atoms with van der Waals surface area (Å²) in [7, 11) is -3.71. The first-order valence-electron chi connectivity index (χ1n) is 13.5. The molecule has 0 spiro atoms. The fraction of sp³-hybridized carbons (Fsp3) is 0.188. The van der Waals surface area contributed by atoms with Crippen LogP contribution in [0.5, 0.6) is 5.75 Å². The predicted molar refractivity (Wildman–Crippen MR) is 157 cm³/mol. The smallest absolute Gasteiger partial charge is 0.264 e. The van der Waals surface area contributed by atoms with E-state index in [9.17, 15) is 18.0 Å². The first-order valence-corrected chi connectivity index (χ1v) is 15.0. The standard InChI is InChI=1S/C32H29N3O5S/c36-31(33-19-17-23-9-3-1-4-10-23)30-22-34(28-13-7-8-14-29(28)40-30)32(37)25-15-16-27-24(21-25)18-20-35(27)41(38,39)26-11-5-2-6-12-26/h1-16,21,30H,17-20,22H2,(H,33,36)/t30-/m1/s1. The zero-order valence-electron chi connectivity index (χ0n) is 22.3. The van der Waals surface area contributed by atoms with Crippen LogP contribution in [0.2, 0.25) is 0 Å². The monoisotopic (exact) mass is 567 g/mol. The first kappa shape index (κ1) is 26.6. The Kier molecular flexibility index (Phi) is 7.19. The van der Waals surface area contributed by atoms with Crippen LogP contribution in [0.15, 0.2) is 108 Å². The number of para-hydroxylation sites is 2. The molecule has 0 saturated carbocycles.